The molecule has 1 fully saturated rings. The molecule has 0 saturated carbocycles. The third-order valence-corrected chi connectivity index (χ3v) is 2.54. The largest absolute Gasteiger partial charge is 0.392 e. The van der Waals surface area contributed by atoms with Gasteiger partial charge in [-0.1, -0.05) is 0 Å². The van der Waals surface area contributed by atoms with Crippen LogP contribution in [0.1, 0.15) is 6.92 Å². The maximum Gasteiger partial charge on any atom is 0.311 e. The highest BCUT2D eigenvalue weighted by atomic mass is 16.3. The summed E-state index contributed by atoms with van der Waals surface area (Å²) in [7, 11) is 1.98. The van der Waals surface area contributed by atoms with Gasteiger partial charge in [0.15, 0.2) is 0 Å². The molecule has 16 heavy (non-hydrogen) atoms. The van der Waals surface area contributed by atoms with Crippen molar-refractivity contribution in [3.05, 3.63) is 0 Å². The molecule has 1 heterocycles. The van der Waals surface area contributed by atoms with Crippen molar-refractivity contribution in [2.75, 3.05) is 39.8 Å². The van der Waals surface area contributed by atoms with Gasteiger partial charge < -0.3 is 20.2 Å². The van der Waals surface area contributed by atoms with E-state index in [0.717, 1.165) is 13.1 Å². The van der Waals surface area contributed by atoms with E-state index in [-0.39, 0.29) is 6.54 Å². The van der Waals surface area contributed by atoms with Crippen LogP contribution in [0.4, 0.5) is 0 Å². The van der Waals surface area contributed by atoms with Crippen LogP contribution in [-0.2, 0) is 9.59 Å². The first-order chi connectivity index (χ1) is 7.50. The van der Waals surface area contributed by atoms with Crippen LogP contribution in [0.3, 0.4) is 0 Å². The lowest BCUT2D eigenvalue weighted by molar-refractivity contribution is -0.147. The van der Waals surface area contributed by atoms with Gasteiger partial charge in [0.05, 0.1) is 6.10 Å². The molecular weight excluding hydrogens is 210 g/mol. The molecule has 0 bridgehead atoms. The van der Waals surface area contributed by atoms with Gasteiger partial charge in [-0.3, -0.25) is 9.59 Å². The van der Waals surface area contributed by atoms with E-state index in [0.29, 0.717) is 13.1 Å². The van der Waals surface area contributed by atoms with Crippen molar-refractivity contribution in [3.8, 4) is 0 Å². The molecule has 0 aromatic rings. The van der Waals surface area contributed by atoms with E-state index in [1.54, 1.807) is 6.92 Å². The van der Waals surface area contributed by atoms with Gasteiger partial charge in [-0.25, -0.2) is 0 Å². The Kier molecular flexibility index (Phi) is 4.70. The number of nitrogens with one attached hydrogen (secondary N) is 1. The molecule has 0 aromatic carbocycles. The maximum absolute atomic E-state index is 11.6. The van der Waals surface area contributed by atoms with Gasteiger partial charge in [0.2, 0.25) is 0 Å². The molecule has 1 aliphatic heterocycles. The number of aliphatic hydroxyl groups excluding tert-OH is 1. The van der Waals surface area contributed by atoms with Gasteiger partial charge in [0.25, 0.3) is 0 Å². The molecule has 1 saturated heterocycles. The van der Waals surface area contributed by atoms with Crippen molar-refractivity contribution in [2.45, 2.75) is 13.0 Å². The topological polar surface area (TPSA) is 72.9 Å². The molecule has 0 aliphatic carbocycles. The van der Waals surface area contributed by atoms with Crippen LogP contribution in [0.5, 0.6) is 0 Å². The number of carbonyl (C=O) groups excluding carboxylic acids is 2. The molecule has 92 valence electrons. The normalized spacial score (nSPS) is 19.3. The third kappa shape index (κ3) is 3.79. The molecule has 6 heteroatoms. The van der Waals surface area contributed by atoms with Crippen LogP contribution in [0, 0.1) is 0 Å². The quantitative estimate of drug-likeness (QED) is 0.551. The van der Waals surface area contributed by atoms with Crippen LogP contribution >= 0.6 is 0 Å². The molecular formula is C10H19N3O3. The number of rotatable bonds is 2. The van der Waals surface area contributed by atoms with E-state index in [1.807, 2.05) is 7.05 Å². The summed E-state index contributed by atoms with van der Waals surface area (Å²) in [6, 6.07) is 0. The standard InChI is InChI=1S/C10H19N3O3/c1-8(14)7-11-9(15)10(16)13-5-3-12(2)4-6-13/h8,14H,3-7H2,1-2H3,(H,11,15). The number of hydrogen-bond acceptors (Lipinski definition) is 4. The Morgan fingerprint density at radius 2 is 1.88 bits per heavy atom. The predicted octanol–water partition coefficient (Wildman–Crippen LogP) is -1.74. The fourth-order valence-corrected chi connectivity index (χ4v) is 1.47. The van der Waals surface area contributed by atoms with Crippen molar-refractivity contribution in [2.24, 2.45) is 0 Å². The Morgan fingerprint density at radius 1 is 1.31 bits per heavy atom. The first kappa shape index (κ1) is 12.9. The van der Waals surface area contributed by atoms with Crippen molar-refractivity contribution < 1.29 is 14.7 Å². The van der Waals surface area contributed by atoms with E-state index in [2.05, 4.69) is 10.2 Å². The van der Waals surface area contributed by atoms with Gasteiger partial charge >= 0.3 is 11.8 Å². The van der Waals surface area contributed by atoms with Crippen LogP contribution in [0.25, 0.3) is 0 Å². The van der Waals surface area contributed by atoms with Crippen molar-refractivity contribution in [1.29, 1.82) is 0 Å². The Hall–Kier alpha value is -1.14. The summed E-state index contributed by atoms with van der Waals surface area (Å²) in [6.45, 7) is 4.40. The highest BCUT2D eigenvalue weighted by molar-refractivity contribution is 6.35. The second-order valence-electron chi connectivity index (χ2n) is 4.15. The maximum atomic E-state index is 11.6. The predicted molar refractivity (Wildman–Crippen MR) is 58.8 cm³/mol. The highest BCUT2D eigenvalue weighted by Gasteiger charge is 2.24. The summed E-state index contributed by atoms with van der Waals surface area (Å²) in [6.07, 6.45) is -0.635. The number of aliphatic hydroxyl groups is 1. The monoisotopic (exact) mass is 229 g/mol. The summed E-state index contributed by atoms with van der Waals surface area (Å²) in [5, 5.41) is 11.4. The summed E-state index contributed by atoms with van der Waals surface area (Å²) in [4.78, 5) is 26.7. The second kappa shape index (κ2) is 5.81. The average Bonchev–Trinajstić information content (AvgIpc) is 2.26. The molecule has 1 unspecified atom stereocenters. The number of nitrogens with zero attached hydrogens (tertiary/aromatic N) is 2. The summed E-state index contributed by atoms with van der Waals surface area (Å²) < 4.78 is 0. The van der Waals surface area contributed by atoms with E-state index < -0.39 is 17.9 Å². The van der Waals surface area contributed by atoms with Gasteiger partial charge in [-0.15, -0.1) is 0 Å². The average molecular weight is 229 g/mol. The Bertz CT molecular complexity index is 260. The zero-order valence-electron chi connectivity index (χ0n) is 9.77. The number of carbonyl (C=O) groups is 2. The first-order valence-electron chi connectivity index (χ1n) is 5.44. The van der Waals surface area contributed by atoms with Crippen LogP contribution in [0.15, 0.2) is 0 Å². The lowest BCUT2D eigenvalue weighted by Gasteiger charge is -2.31. The Balaban J connectivity index is 2.36. The molecule has 0 aromatic heterocycles. The van der Waals surface area contributed by atoms with Crippen LogP contribution < -0.4 is 5.32 Å². The minimum atomic E-state index is -0.635. The fraction of sp³-hybridized carbons (Fsp3) is 0.800. The molecule has 2 N–H and O–H groups in total. The minimum absolute atomic E-state index is 0.109. The Morgan fingerprint density at radius 3 is 2.38 bits per heavy atom. The third-order valence-electron chi connectivity index (χ3n) is 2.54. The van der Waals surface area contributed by atoms with E-state index in [1.165, 1.54) is 4.90 Å². The van der Waals surface area contributed by atoms with E-state index in [9.17, 15) is 9.59 Å². The molecule has 1 atom stereocenters. The Labute approximate surface area is 95.2 Å². The van der Waals surface area contributed by atoms with Crippen LogP contribution in [-0.4, -0.2) is 72.6 Å². The zero-order valence-corrected chi connectivity index (χ0v) is 9.77. The summed E-state index contributed by atoms with van der Waals surface area (Å²) in [5.41, 5.74) is 0. The molecule has 0 radical (unpaired) electrons. The highest BCUT2D eigenvalue weighted by Crippen LogP contribution is 1.99. The first-order valence-corrected chi connectivity index (χ1v) is 5.44. The SMILES string of the molecule is CC(O)CNC(=O)C(=O)N1CCN(C)CC1. The molecule has 6 nitrogen and oxygen atoms in total. The van der Waals surface area contributed by atoms with Gasteiger partial charge in [0, 0.05) is 32.7 Å². The van der Waals surface area contributed by atoms with Gasteiger partial charge in [0.1, 0.15) is 0 Å². The zero-order chi connectivity index (χ0) is 12.1. The minimum Gasteiger partial charge on any atom is -0.392 e. The van der Waals surface area contributed by atoms with E-state index >= 15 is 0 Å². The van der Waals surface area contributed by atoms with E-state index in [4.69, 9.17) is 5.11 Å². The second-order valence-corrected chi connectivity index (χ2v) is 4.15. The number of likely N-dealkylation sites (N-methyl/N-ethyl adjacent to an activating group) is 1. The van der Waals surface area contributed by atoms with Crippen molar-refractivity contribution in [3.63, 3.8) is 0 Å². The molecule has 0 spiro atoms. The molecule has 1 aliphatic rings. The van der Waals surface area contributed by atoms with Crippen molar-refractivity contribution >= 4 is 11.8 Å². The summed E-state index contributed by atoms with van der Waals surface area (Å²) >= 11 is 0. The fourth-order valence-electron chi connectivity index (χ4n) is 1.47. The lowest BCUT2D eigenvalue weighted by Crippen LogP contribution is -2.52. The molecule has 1 rings (SSSR count). The van der Waals surface area contributed by atoms with Gasteiger partial charge in [-0.2, -0.15) is 0 Å². The smallest absolute Gasteiger partial charge is 0.311 e. The van der Waals surface area contributed by atoms with Crippen molar-refractivity contribution in [1.82, 2.24) is 15.1 Å². The molecule has 2 amide bonds. The van der Waals surface area contributed by atoms with Gasteiger partial charge in [-0.05, 0) is 14.0 Å². The number of amides is 2. The number of piperazine rings is 1. The summed E-state index contributed by atoms with van der Waals surface area (Å²) in [5.74, 6) is -1.14. The number of hydrogen-bond donors (Lipinski definition) is 2. The van der Waals surface area contributed by atoms with Crippen LogP contribution in [0.2, 0.25) is 0 Å². The lowest BCUT2D eigenvalue weighted by atomic mass is 10.3.